The van der Waals surface area contributed by atoms with Gasteiger partial charge >= 0.3 is 5.97 Å². The third kappa shape index (κ3) is 4.87. The van der Waals surface area contributed by atoms with Crippen LogP contribution in [0.25, 0.3) is 0 Å². The van der Waals surface area contributed by atoms with E-state index in [0.29, 0.717) is 12.0 Å². The van der Waals surface area contributed by atoms with E-state index in [1.165, 1.54) is 12.1 Å². The molecule has 4 rings (SSSR count). The number of halogens is 1. The maximum absolute atomic E-state index is 13.4. The molecule has 0 bridgehead atoms. The van der Waals surface area contributed by atoms with Gasteiger partial charge in [0.2, 0.25) is 0 Å². The van der Waals surface area contributed by atoms with E-state index in [2.05, 4.69) is 20.6 Å². The number of carbonyl (C=O) groups excluding carboxylic acids is 2. The molecule has 0 radical (unpaired) electrons. The van der Waals surface area contributed by atoms with Gasteiger partial charge in [-0.15, -0.1) is 0 Å². The number of hydrogen-bond donors (Lipinski definition) is 3. The van der Waals surface area contributed by atoms with Crippen LogP contribution < -0.4 is 10.6 Å². The molecule has 1 heterocycles. The second kappa shape index (κ2) is 9.15. The molecule has 1 atom stereocenters. The zero-order valence-electron chi connectivity index (χ0n) is 17.8. The lowest BCUT2D eigenvalue weighted by Gasteiger charge is -2.14. The summed E-state index contributed by atoms with van der Waals surface area (Å²) in [5.41, 5.74) is 3.17. The number of carbonyl (C=O) groups is 3. The van der Waals surface area contributed by atoms with Crippen molar-refractivity contribution in [3.05, 3.63) is 93.8 Å². The summed E-state index contributed by atoms with van der Waals surface area (Å²) in [5, 5.41) is 14.8. The van der Waals surface area contributed by atoms with Crippen molar-refractivity contribution in [1.82, 2.24) is 20.6 Å². The zero-order valence-corrected chi connectivity index (χ0v) is 17.8. The Hall–Kier alpha value is -4.14. The van der Waals surface area contributed by atoms with Crippen LogP contribution >= 0.6 is 0 Å². The van der Waals surface area contributed by atoms with Crippen LogP contribution in [0.3, 0.4) is 0 Å². The monoisotopic (exact) mass is 448 g/mol. The third-order valence-corrected chi connectivity index (χ3v) is 5.58. The van der Waals surface area contributed by atoms with Crippen molar-refractivity contribution in [3.63, 3.8) is 0 Å². The number of carboxylic acid groups (broad SMARTS) is 1. The Morgan fingerprint density at radius 2 is 1.82 bits per heavy atom. The lowest BCUT2D eigenvalue weighted by Crippen LogP contribution is -2.29. The average molecular weight is 448 g/mol. The number of benzene rings is 2. The summed E-state index contributed by atoms with van der Waals surface area (Å²) in [4.78, 5) is 44.4. The van der Waals surface area contributed by atoms with Gasteiger partial charge in [0.25, 0.3) is 11.8 Å². The summed E-state index contributed by atoms with van der Waals surface area (Å²) in [6, 6.07) is 10.4. The molecule has 3 N–H and O–H groups in total. The molecular formula is C24H21FN4O4. The summed E-state index contributed by atoms with van der Waals surface area (Å²) in [7, 11) is 0. The molecule has 3 aromatic rings. The minimum atomic E-state index is -1.03. The van der Waals surface area contributed by atoms with Gasteiger partial charge in [-0.05, 0) is 60.2 Å². The third-order valence-electron chi connectivity index (χ3n) is 5.58. The SMILES string of the molecule is Cc1cc(CNC(=O)c2cc(C(=O)NC3CCc4ccc(C(=O)O)cc43)ncn2)ccc1F. The van der Waals surface area contributed by atoms with Crippen molar-refractivity contribution in [2.45, 2.75) is 32.4 Å². The molecule has 1 unspecified atom stereocenters. The van der Waals surface area contributed by atoms with Crippen molar-refractivity contribution in [3.8, 4) is 0 Å². The summed E-state index contributed by atoms with van der Waals surface area (Å²) in [6.07, 6.45) is 2.50. The van der Waals surface area contributed by atoms with Crippen LogP contribution in [-0.2, 0) is 13.0 Å². The highest BCUT2D eigenvalue weighted by Crippen LogP contribution is 2.32. The smallest absolute Gasteiger partial charge is 0.335 e. The van der Waals surface area contributed by atoms with Crippen LogP contribution in [0.1, 0.15) is 66.1 Å². The molecule has 1 aromatic heterocycles. The molecule has 8 nitrogen and oxygen atoms in total. The number of amides is 2. The topological polar surface area (TPSA) is 121 Å². The standard InChI is InChI=1S/C24H21FN4O4/c1-13-8-14(2-6-18(13)25)11-26-22(30)20-10-21(28-12-27-20)23(31)29-19-7-5-15-3-4-16(24(32)33)9-17(15)19/h2-4,6,8-10,12,19H,5,7,11H2,1H3,(H,26,30)(H,29,31)(H,32,33). The molecule has 33 heavy (non-hydrogen) atoms. The Morgan fingerprint density at radius 3 is 2.55 bits per heavy atom. The fourth-order valence-corrected chi connectivity index (χ4v) is 3.81. The van der Waals surface area contributed by atoms with Gasteiger partial charge in [-0.25, -0.2) is 19.2 Å². The number of aromatic nitrogens is 2. The highest BCUT2D eigenvalue weighted by atomic mass is 19.1. The Kier molecular flexibility index (Phi) is 6.12. The maximum atomic E-state index is 13.4. The van der Waals surface area contributed by atoms with Crippen LogP contribution in [0.5, 0.6) is 0 Å². The maximum Gasteiger partial charge on any atom is 0.335 e. The van der Waals surface area contributed by atoms with E-state index in [9.17, 15) is 23.9 Å². The molecule has 168 valence electrons. The first kappa shape index (κ1) is 22.1. The number of hydrogen-bond acceptors (Lipinski definition) is 5. The molecular weight excluding hydrogens is 427 g/mol. The molecule has 9 heteroatoms. The Bertz CT molecular complexity index is 1260. The van der Waals surface area contributed by atoms with Gasteiger partial charge in [0.15, 0.2) is 0 Å². The highest BCUT2D eigenvalue weighted by Gasteiger charge is 2.26. The Labute approximate surface area is 188 Å². The van der Waals surface area contributed by atoms with Crippen LogP contribution in [-0.4, -0.2) is 32.9 Å². The second-order valence-electron chi connectivity index (χ2n) is 7.84. The highest BCUT2D eigenvalue weighted by molar-refractivity contribution is 5.97. The van der Waals surface area contributed by atoms with Gasteiger partial charge < -0.3 is 15.7 Å². The first-order chi connectivity index (χ1) is 15.8. The lowest BCUT2D eigenvalue weighted by molar-refractivity contribution is 0.0696. The molecule has 0 spiro atoms. The predicted octanol–water partition coefficient (Wildman–Crippen LogP) is 2.97. The normalized spacial score (nSPS) is 14.4. The lowest BCUT2D eigenvalue weighted by atomic mass is 10.0. The van der Waals surface area contributed by atoms with Crippen LogP contribution in [0, 0.1) is 12.7 Å². The van der Waals surface area contributed by atoms with Crippen LogP contribution in [0.2, 0.25) is 0 Å². The molecule has 0 saturated heterocycles. The van der Waals surface area contributed by atoms with Gasteiger partial charge in [0.05, 0.1) is 11.6 Å². The first-order valence-electron chi connectivity index (χ1n) is 10.3. The molecule has 0 aliphatic heterocycles. The summed E-state index contributed by atoms with van der Waals surface area (Å²) in [5.74, 6) is -2.33. The molecule has 2 aromatic carbocycles. The number of rotatable bonds is 6. The quantitative estimate of drug-likeness (QED) is 0.533. The Balaban J connectivity index is 1.43. The van der Waals surface area contributed by atoms with Crippen LogP contribution in [0.15, 0.2) is 48.8 Å². The number of nitrogens with zero attached hydrogens (tertiary/aromatic N) is 2. The van der Waals surface area contributed by atoms with Gasteiger partial charge in [-0.3, -0.25) is 9.59 Å². The molecule has 1 aliphatic carbocycles. The van der Waals surface area contributed by atoms with Crippen molar-refractivity contribution >= 4 is 17.8 Å². The Morgan fingerprint density at radius 1 is 1.06 bits per heavy atom. The van der Waals surface area contributed by atoms with E-state index in [4.69, 9.17) is 0 Å². The van der Waals surface area contributed by atoms with E-state index in [1.807, 2.05) is 0 Å². The van der Waals surface area contributed by atoms with E-state index in [-0.39, 0.29) is 35.4 Å². The first-order valence-corrected chi connectivity index (χ1v) is 10.3. The van der Waals surface area contributed by atoms with E-state index in [1.54, 1.807) is 37.3 Å². The van der Waals surface area contributed by atoms with Gasteiger partial charge in [-0.2, -0.15) is 0 Å². The summed E-state index contributed by atoms with van der Waals surface area (Å²) >= 11 is 0. The van der Waals surface area contributed by atoms with Crippen molar-refractivity contribution in [1.29, 1.82) is 0 Å². The molecule has 0 saturated carbocycles. The van der Waals surface area contributed by atoms with Gasteiger partial charge in [0.1, 0.15) is 23.5 Å². The number of aromatic carboxylic acids is 1. The zero-order chi connectivity index (χ0) is 23.5. The van der Waals surface area contributed by atoms with Crippen LogP contribution in [0.4, 0.5) is 4.39 Å². The van der Waals surface area contributed by atoms with E-state index >= 15 is 0 Å². The number of nitrogens with one attached hydrogen (secondary N) is 2. The van der Waals surface area contributed by atoms with Gasteiger partial charge in [-0.1, -0.05) is 18.2 Å². The van der Waals surface area contributed by atoms with E-state index in [0.717, 1.165) is 29.4 Å². The predicted molar refractivity (Wildman–Crippen MR) is 116 cm³/mol. The summed E-state index contributed by atoms with van der Waals surface area (Å²) < 4.78 is 13.4. The molecule has 0 fully saturated rings. The minimum absolute atomic E-state index is 0.0222. The van der Waals surface area contributed by atoms with Crippen molar-refractivity contribution in [2.24, 2.45) is 0 Å². The fraction of sp³-hybridized carbons (Fsp3) is 0.208. The number of fused-ring (bicyclic) bond motifs is 1. The number of carboxylic acids is 1. The van der Waals surface area contributed by atoms with Gasteiger partial charge in [0, 0.05) is 12.6 Å². The fourth-order valence-electron chi connectivity index (χ4n) is 3.81. The van der Waals surface area contributed by atoms with Crippen molar-refractivity contribution in [2.75, 3.05) is 0 Å². The minimum Gasteiger partial charge on any atom is -0.478 e. The second-order valence-corrected chi connectivity index (χ2v) is 7.84. The molecule has 2 amide bonds. The van der Waals surface area contributed by atoms with E-state index < -0.39 is 17.8 Å². The largest absolute Gasteiger partial charge is 0.478 e. The van der Waals surface area contributed by atoms with Crippen molar-refractivity contribution < 1.29 is 23.9 Å². The summed E-state index contributed by atoms with van der Waals surface area (Å²) in [6.45, 7) is 1.82. The average Bonchev–Trinajstić information content (AvgIpc) is 3.21. The number of aryl methyl sites for hydroxylation is 2. The molecule has 1 aliphatic rings.